The van der Waals surface area contributed by atoms with E-state index in [0.717, 1.165) is 38.5 Å². The fourth-order valence-corrected chi connectivity index (χ4v) is 8.10. The number of unbranched alkanes of at least 4 members (excludes halogenated alkanes) is 39. The van der Waals surface area contributed by atoms with Gasteiger partial charge >= 0.3 is 17.9 Å². The van der Waals surface area contributed by atoms with E-state index in [4.69, 9.17) is 15.3 Å². The minimum atomic E-state index is -0.663. The standard InChI is InChI=1S/3C20H38O2.Sc/c3*1-2-3-4-5-6-7-8-9-10-11-12-13-14-15-16-17-18-19-20(21)22;/h3*11-12H,2-10,13-19H2,1H3,(H,21,22);/b3*12-11-;. The van der Waals surface area contributed by atoms with Crippen LogP contribution in [-0.2, 0) is 40.2 Å². The van der Waals surface area contributed by atoms with Gasteiger partial charge in [0.05, 0.1) is 0 Å². The number of rotatable bonds is 51. The van der Waals surface area contributed by atoms with Crippen LogP contribution in [0.15, 0.2) is 36.5 Å². The Kier molecular flexibility index (Phi) is 73.9. The number of carboxylic acids is 3. The van der Waals surface area contributed by atoms with Crippen molar-refractivity contribution in [2.45, 2.75) is 329 Å². The van der Waals surface area contributed by atoms with Gasteiger partial charge in [-0.3, -0.25) is 14.4 Å². The van der Waals surface area contributed by atoms with Gasteiger partial charge < -0.3 is 15.3 Å². The maximum absolute atomic E-state index is 10.4. The summed E-state index contributed by atoms with van der Waals surface area (Å²) < 4.78 is 0. The molecule has 0 saturated carbocycles. The van der Waals surface area contributed by atoms with Crippen molar-refractivity contribution in [1.82, 2.24) is 0 Å². The molecule has 6 nitrogen and oxygen atoms in total. The van der Waals surface area contributed by atoms with Gasteiger partial charge in [-0.15, -0.1) is 0 Å². The van der Waals surface area contributed by atoms with E-state index in [0.29, 0.717) is 19.3 Å². The summed E-state index contributed by atoms with van der Waals surface area (Å²) in [5.74, 6) is -1.99. The Bertz CT molecular complexity index is 911. The number of carboxylic acid groups (broad SMARTS) is 3. The van der Waals surface area contributed by atoms with Gasteiger partial charge in [0.1, 0.15) is 0 Å². The first-order valence-corrected chi connectivity index (χ1v) is 28.9. The maximum Gasteiger partial charge on any atom is 0.303 e. The van der Waals surface area contributed by atoms with Crippen molar-refractivity contribution in [2.24, 2.45) is 0 Å². The van der Waals surface area contributed by atoms with Crippen molar-refractivity contribution in [3.8, 4) is 0 Å². The SMILES string of the molecule is CCCCCCCCCC/C=C\CCCCCCCC(=O)O.CCCCCCCCCC/C=C\CCCCCCCC(=O)O.CCCCCCCCCC/C=C\CCCCCCCC(=O)O.[Sc]. The van der Waals surface area contributed by atoms with E-state index in [1.807, 2.05) is 0 Å². The van der Waals surface area contributed by atoms with E-state index in [9.17, 15) is 14.4 Å². The quantitative estimate of drug-likeness (QED) is 0.0414. The molecule has 7 heteroatoms. The molecule has 0 unspecified atom stereocenters. The third kappa shape index (κ3) is 81.8. The predicted molar refractivity (Wildman–Crippen MR) is 289 cm³/mol. The Labute approximate surface area is 436 Å². The van der Waals surface area contributed by atoms with E-state index in [1.54, 1.807) is 0 Å². The third-order valence-electron chi connectivity index (χ3n) is 12.5. The van der Waals surface area contributed by atoms with E-state index in [1.165, 1.54) is 250 Å². The van der Waals surface area contributed by atoms with Crippen LogP contribution in [0.5, 0.6) is 0 Å². The average Bonchev–Trinajstić information content (AvgIpc) is 3.29. The molecule has 0 saturated heterocycles. The zero-order valence-corrected chi connectivity index (χ0v) is 46.9. The summed E-state index contributed by atoms with van der Waals surface area (Å²) >= 11 is 0. The minimum absolute atomic E-state index is 0. The molecule has 0 aliphatic heterocycles. The Morgan fingerprint density at radius 1 is 0.239 bits per heavy atom. The van der Waals surface area contributed by atoms with Crippen molar-refractivity contribution in [3.63, 3.8) is 0 Å². The number of hydrogen-bond donors (Lipinski definition) is 3. The van der Waals surface area contributed by atoms with Gasteiger partial charge in [0.15, 0.2) is 0 Å². The van der Waals surface area contributed by atoms with E-state index in [2.05, 4.69) is 57.2 Å². The van der Waals surface area contributed by atoms with Crippen LogP contribution in [0, 0.1) is 0 Å². The second-order valence-corrected chi connectivity index (χ2v) is 19.3. The summed E-state index contributed by atoms with van der Waals surface area (Å²) in [6.45, 7) is 6.81. The molecule has 0 amide bonds. The molecule has 0 aliphatic rings. The molecule has 0 spiro atoms. The number of carbonyl (C=O) groups is 3. The first-order valence-electron chi connectivity index (χ1n) is 28.9. The van der Waals surface area contributed by atoms with Crippen LogP contribution in [0.1, 0.15) is 329 Å². The molecule has 0 rings (SSSR count). The Hall–Kier alpha value is -1.50. The van der Waals surface area contributed by atoms with Gasteiger partial charge in [0.25, 0.3) is 0 Å². The van der Waals surface area contributed by atoms with E-state index in [-0.39, 0.29) is 25.8 Å². The van der Waals surface area contributed by atoms with Crippen molar-refractivity contribution in [3.05, 3.63) is 36.5 Å². The molecule has 67 heavy (non-hydrogen) atoms. The van der Waals surface area contributed by atoms with Gasteiger partial charge in [-0.05, 0) is 96.3 Å². The molecule has 0 heterocycles. The van der Waals surface area contributed by atoms with Crippen molar-refractivity contribution in [1.29, 1.82) is 0 Å². The molecule has 0 aromatic carbocycles. The molecule has 0 aromatic heterocycles. The summed E-state index contributed by atoms with van der Waals surface area (Å²) in [7, 11) is 0. The Morgan fingerprint density at radius 2 is 0.373 bits per heavy atom. The second-order valence-electron chi connectivity index (χ2n) is 19.3. The molecular weight excluding hydrogens is 862 g/mol. The number of aliphatic carboxylic acids is 3. The molecule has 0 aliphatic carbocycles. The smallest absolute Gasteiger partial charge is 0.303 e. The van der Waals surface area contributed by atoms with Crippen LogP contribution in [0.3, 0.4) is 0 Å². The summed E-state index contributed by atoms with van der Waals surface area (Å²) in [6, 6.07) is 0. The Morgan fingerprint density at radius 3 is 0.522 bits per heavy atom. The number of hydrogen-bond acceptors (Lipinski definition) is 3. The summed E-state index contributed by atoms with van der Waals surface area (Å²) in [4.78, 5) is 31.1. The molecule has 0 atom stereocenters. The average molecular weight is 977 g/mol. The first kappa shape index (κ1) is 72.0. The Balaban J connectivity index is -0.000000441. The van der Waals surface area contributed by atoms with Crippen LogP contribution < -0.4 is 0 Å². The normalized spacial score (nSPS) is 11.1. The topological polar surface area (TPSA) is 112 Å². The molecular formula is C60H114O6Sc. The predicted octanol–water partition coefficient (Wildman–Crippen LogP) is 20.7. The molecule has 0 aromatic rings. The van der Waals surface area contributed by atoms with Crippen LogP contribution in [0.4, 0.5) is 0 Å². The fourth-order valence-electron chi connectivity index (χ4n) is 8.10. The fraction of sp³-hybridized carbons (Fsp3) is 0.850. The zero-order chi connectivity index (χ0) is 48.9. The maximum atomic E-state index is 10.4. The first-order chi connectivity index (χ1) is 32.3. The third-order valence-corrected chi connectivity index (χ3v) is 12.5. The van der Waals surface area contributed by atoms with Gasteiger partial charge in [-0.1, -0.05) is 250 Å². The largest absolute Gasteiger partial charge is 0.481 e. The summed E-state index contributed by atoms with van der Waals surface area (Å²) in [5.41, 5.74) is 0. The molecule has 0 bridgehead atoms. The monoisotopic (exact) mass is 976 g/mol. The summed E-state index contributed by atoms with van der Waals surface area (Å²) in [5, 5.41) is 25.6. The van der Waals surface area contributed by atoms with Crippen LogP contribution in [0.25, 0.3) is 0 Å². The van der Waals surface area contributed by atoms with Crippen molar-refractivity contribution >= 4 is 17.9 Å². The van der Waals surface area contributed by atoms with Gasteiger partial charge in [0.2, 0.25) is 0 Å². The molecule has 0 fully saturated rings. The van der Waals surface area contributed by atoms with Crippen LogP contribution in [-0.4, -0.2) is 33.2 Å². The molecule has 393 valence electrons. The molecule has 1 radical (unpaired) electrons. The second kappa shape index (κ2) is 68.8. The minimum Gasteiger partial charge on any atom is -0.481 e. The van der Waals surface area contributed by atoms with E-state index >= 15 is 0 Å². The van der Waals surface area contributed by atoms with Crippen molar-refractivity contribution < 1.29 is 55.5 Å². The van der Waals surface area contributed by atoms with Gasteiger partial charge in [0, 0.05) is 45.1 Å². The van der Waals surface area contributed by atoms with Gasteiger partial charge in [-0.25, -0.2) is 0 Å². The molecule has 3 N–H and O–H groups in total. The van der Waals surface area contributed by atoms with Crippen LogP contribution >= 0.6 is 0 Å². The summed E-state index contributed by atoms with van der Waals surface area (Å²) in [6.07, 6.45) is 72.5. The number of allylic oxidation sites excluding steroid dienone is 6. The zero-order valence-electron chi connectivity index (χ0n) is 45.0. The van der Waals surface area contributed by atoms with Crippen LogP contribution in [0.2, 0.25) is 0 Å². The van der Waals surface area contributed by atoms with Gasteiger partial charge in [-0.2, -0.15) is 0 Å². The van der Waals surface area contributed by atoms with E-state index < -0.39 is 17.9 Å². The van der Waals surface area contributed by atoms with Crippen molar-refractivity contribution in [2.75, 3.05) is 0 Å².